The summed E-state index contributed by atoms with van der Waals surface area (Å²) in [6.45, 7) is 3.43. The molecule has 6 heteroatoms. The van der Waals surface area contributed by atoms with Crippen molar-refractivity contribution in [1.29, 1.82) is 0 Å². The standard InChI is InChI=1S/C19H24N2O4/c1-13-4-5-16-14(11-20-17(16)9-13)10-18(22)21(7-6-19(23)24)12-15-3-2-8-25-15/h4-5,9,11,15,20H,2-3,6-8,10,12H2,1H3,(H,23,24)/t15-/m1/s1. The summed E-state index contributed by atoms with van der Waals surface area (Å²) < 4.78 is 5.61. The minimum absolute atomic E-state index is 0.0170. The fourth-order valence-electron chi connectivity index (χ4n) is 3.30. The Bertz CT molecular complexity index is 762. The molecule has 0 aliphatic carbocycles. The summed E-state index contributed by atoms with van der Waals surface area (Å²) in [5, 5.41) is 9.99. The van der Waals surface area contributed by atoms with Crippen LogP contribution in [0.4, 0.5) is 0 Å². The maximum Gasteiger partial charge on any atom is 0.305 e. The number of aromatic amines is 1. The second-order valence-corrected chi connectivity index (χ2v) is 6.66. The minimum atomic E-state index is -0.896. The van der Waals surface area contributed by atoms with E-state index in [-0.39, 0.29) is 31.4 Å². The molecule has 1 atom stereocenters. The van der Waals surface area contributed by atoms with E-state index in [1.54, 1.807) is 4.90 Å². The van der Waals surface area contributed by atoms with Crippen LogP contribution in [0.2, 0.25) is 0 Å². The van der Waals surface area contributed by atoms with E-state index in [4.69, 9.17) is 9.84 Å². The Morgan fingerprint density at radius 1 is 1.40 bits per heavy atom. The predicted molar refractivity (Wildman–Crippen MR) is 94.5 cm³/mol. The van der Waals surface area contributed by atoms with Gasteiger partial charge in [0.2, 0.25) is 5.91 Å². The molecule has 2 aromatic rings. The maximum atomic E-state index is 12.8. The zero-order valence-corrected chi connectivity index (χ0v) is 14.5. The first-order valence-corrected chi connectivity index (χ1v) is 8.70. The van der Waals surface area contributed by atoms with Crippen molar-refractivity contribution in [2.75, 3.05) is 19.7 Å². The van der Waals surface area contributed by atoms with Crippen molar-refractivity contribution >= 4 is 22.8 Å². The normalized spacial score (nSPS) is 17.1. The van der Waals surface area contributed by atoms with E-state index in [1.165, 1.54) is 0 Å². The van der Waals surface area contributed by atoms with Crippen LogP contribution in [0.15, 0.2) is 24.4 Å². The number of nitrogens with zero attached hydrogens (tertiary/aromatic N) is 1. The molecule has 1 fully saturated rings. The fourth-order valence-corrected chi connectivity index (χ4v) is 3.30. The van der Waals surface area contributed by atoms with Gasteiger partial charge in [-0.3, -0.25) is 9.59 Å². The Kier molecular flexibility index (Phi) is 5.38. The first-order chi connectivity index (χ1) is 12.0. The summed E-state index contributed by atoms with van der Waals surface area (Å²) in [6, 6.07) is 6.10. The number of amides is 1. The van der Waals surface area contributed by atoms with Crippen LogP contribution in [-0.4, -0.2) is 52.7 Å². The molecule has 0 bridgehead atoms. The third-order valence-corrected chi connectivity index (χ3v) is 4.66. The number of carboxylic acids is 1. The topological polar surface area (TPSA) is 82.6 Å². The highest BCUT2D eigenvalue weighted by molar-refractivity contribution is 5.89. The van der Waals surface area contributed by atoms with E-state index >= 15 is 0 Å². The molecule has 1 saturated heterocycles. The highest BCUT2D eigenvalue weighted by Crippen LogP contribution is 2.21. The number of ether oxygens (including phenoxy) is 1. The van der Waals surface area contributed by atoms with Gasteiger partial charge in [-0.1, -0.05) is 12.1 Å². The molecule has 1 aromatic carbocycles. The number of aliphatic carboxylic acids is 1. The summed E-state index contributed by atoms with van der Waals surface area (Å²) >= 11 is 0. The molecule has 2 N–H and O–H groups in total. The molecule has 25 heavy (non-hydrogen) atoms. The summed E-state index contributed by atoms with van der Waals surface area (Å²) in [6.07, 6.45) is 4.00. The van der Waals surface area contributed by atoms with Gasteiger partial charge < -0.3 is 19.7 Å². The third-order valence-electron chi connectivity index (χ3n) is 4.66. The lowest BCUT2D eigenvalue weighted by Crippen LogP contribution is -2.39. The summed E-state index contributed by atoms with van der Waals surface area (Å²) in [5.41, 5.74) is 3.11. The Hall–Kier alpha value is -2.34. The van der Waals surface area contributed by atoms with Gasteiger partial charge in [0.25, 0.3) is 0 Å². The quantitative estimate of drug-likeness (QED) is 0.808. The SMILES string of the molecule is Cc1ccc2c(CC(=O)N(CCC(=O)O)C[C@H]3CCCO3)c[nH]c2c1. The van der Waals surface area contributed by atoms with Gasteiger partial charge in [-0.25, -0.2) is 0 Å². The molecule has 0 spiro atoms. The van der Waals surface area contributed by atoms with Gasteiger partial charge >= 0.3 is 5.97 Å². The molecule has 1 aliphatic rings. The number of nitrogens with one attached hydrogen (secondary N) is 1. The zero-order valence-electron chi connectivity index (χ0n) is 14.5. The van der Waals surface area contributed by atoms with Crippen molar-refractivity contribution in [2.24, 2.45) is 0 Å². The Labute approximate surface area is 146 Å². The second-order valence-electron chi connectivity index (χ2n) is 6.66. The monoisotopic (exact) mass is 344 g/mol. The van der Waals surface area contributed by atoms with Crippen LogP contribution >= 0.6 is 0 Å². The smallest absolute Gasteiger partial charge is 0.305 e. The molecule has 1 aliphatic heterocycles. The first-order valence-electron chi connectivity index (χ1n) is 8.70. The number of carbonyl (C=O) groups excluding carboxylic acids is 1. The molecule has 134 valence electrons. The van der Waals surface area contributed by atoms with Crippen LogP contribution in [-0.2, 0) is 20.7 Å². The number of H-pyrrole nitrogens is 1. The van der Waals surface area contributed by atoms with E-state index in [2.05, 4.69) is 11.1 Å². The second kappa shape index (κ2) is 7.70. The van der Waals surface area contributed by atoms with Crippen LogP contribution in [0.1, 0.15) is 30.4 Å². The number of hydrogen-bond acceptors (Lipinski definition) is 3. The van der Waals surface area contributed by atoms with Crippen LogP contribution in [0, 0.1) is 6.92 Å². The van der Waals surface area contributed by atoms with Crippen LogP contribution in [0.5, 0.6) is 0 Å². The molecule has 0 radical (unpaired) electrons. The van der Waals surface area contributed by atoms with Crippen molar-refractivity contribution < 1.29 is 19.4 Å². The van der Waals surface area contributed by atoms with Gasteiger partial charge in [-0.05, 0) is 37.0 Å². The summed E-state index contributed by atoms with van der Waals surface area (Å²) in [5.74, 6) is -0.953. The van der Waals surface area contributed by atoms with E-state index in [0.29, 0.717) is 13.2 Å². The average molecular weight is 344 g/mol. The molecular formula is C19H24N2O4. The van der Waals surface area contributed by atoms with Crippen molar-refractivity contribution in [1.82, 2.24) is 9.88 Å². The largest absolute Gasteiger partial charge is 0.481 e. The first kappa shape index (κ1) is 17.5. The fraction of sp³-hybridized carbons (Fsp3) is 0.474. The van der Waals surface area contributed by atoms with Gasteiger partial charge in [0.15, 0.2) is 0 Å². The van der Waals surface area contributed by atoms with E-state index < -0.39 is 5.97 Å². The van der Waals surface area contributed by atoms with Crippen molar-refractivity contribution in [3.63, 3.8) is 0 Å². The van der Waals surface area contributed by atoms with Crippen LogP contribution in [0.3, 0.4) is 0 Å². The van der Waals surface area contributed by atoms with Crippen molar-refractivity contribution in [2.45, 2.75) is 38.7 Å². The third kappa shape index (κ3) is 4.39. The predicted octanol–water partition coefficient (Wildman–Crippen LogP) is 2.50. The lowest BCUT2D eigenvalue weighted by atomic mass is 10.1. The molecule has 6 nitrogen and oxygen atoms in total. The van der Waals surface area contributed by atoms with Crippen LogP contribution < -0.4 is 0 Å². The van der Waals surface area contributed by atoms with E-state index in [0.717, 1.165) is 34.9 Å². The van der Waals surface area contributed by atoms with Crippen molar-refractivity contribution in [3.8, 4) is 0 Å². The number of benzene rings is 1. The minimum Gasteiger partial charge on any atom is -0.481 e. The van der Waals surface area contributed by atoms with Gasteiger partial charge in [-0.15, -0.1) is 0 Å². The number of hydrogen-bond donors (Lipinski definition) is 2. The summed E-state index contributed by atoms with van der Waals surface area (Å²) in [4.78, 5) is 28.5. The van der Waals surface area contributed by atoms with Gasteiger partial charge in [-0.2, -0.15) is 0 Å². The lowest BCUT2D eigenvalue weighted by molar-refractivity contribution is -0.139. The Balaban J connectivity index is 1.72. The molecule has 0 unspecified atom stereocenters. The number of aromatic nitrogens is 1. The van der Waals surface area contributed by atoms with E-state index in [9.17, 15) is 9.59 Å². The average Bonchev–Trinajstić information content (AvgIpc) is 3.21. The molecule has 2 heterocycles. The van der Waals surface area contributed by atoms with Gasteiger partial charge in [0, 0.05) is 36.8 Å². The van der Waals surface area contributed by atoms with Gasteiger partial charge in [0.05, 0.1) is 18.9 Å². The number of rotatable bonds is 7. The molecular weight excluding hydrogens is 320 g/mol. The maximum absolute atomic E-state index is 12.8. The highest BCUT2D eigenvalue weighted by Gasteiger charge is 2.23. The molecule has 3 rings (SSSR count). The number of aryl methyl sites for hydroxylation is 1. The lowest BCUT2D eigenvalue weighted by Gasteiger charge is -2.25. The zero-order chi connectivity index (χ0) is 17.8. The van der Waals surface area contributed by atoms with Crippen molar-refractivity contribution in [3.05, 3.63) is 35.5 Å². The highest BCUT2D eigenvalue weighted by atomic mass is 16.5. The molecule has 1 amide bonds. The van der Waals surface area contributed by atoms with E-state index in [1.807, 2.05) is 25.3 Å². The Morgan fingerprint density at radius 2 is 2.24 bits per heavy atom. The number of carboxylic acid groups (broad SMARTS) is 1. The molecule has 1 aromatic heterocycles. The Morgan fingerprint density at radius 3 is 2.96 bits per heavy atom. The summed E-state index contributed by atoms with van der Waals surface area (Å²) in [7, 11) is 0. The number of fused-ring (bicyclic) bond motifs is 1. The van der Waals surface area contributed by atoms with Gasteiger partial charge in [0.1, 0.15) is 0 Å². The number of carbonyl (C=O) groups is 2. The van der Waals surface area contributed by atoms with Crippen LogP contribution in [0.25, 0.3) is 10.9 Å². The molecule has 0 saturated carbocycles.